The zero-order valence-electron chi connectivity index (χ0n) is 12.1. The molecule has 112 valence electrons. The Labute approximate surface area is 123 Å². The fourth-order valence-corrected chi connectivity index (χ4v) is 2.51. The number of carboxylic acid groups (broad SMARTS) is 1. The van der Waals surface area contributed by atoms with Crippen LogP contribution in [0.25, 0.3) is 10.9 Å². The summed E-state index contributed by atoms with van der Waals surface area (Å²) in [5.41, 5.74) is 2.14. The first-order valence-electron chi connectivity index (χ1n) is 7.34. The molecule has 0 unspecified atom stereocenters. The number of ether oxygens (including phenoxy) is 1. The molecule has 0 bridgehead atoms. The Morgan fingerprint density at radius 2 is 2.33 bits per heavy atom. The largest absolute Gasteiger partial charge is 0.493 e. The van der Waals surface area contributed by atoms with E-state index in [1.807, 2.05) is 31.3 Å². The SMILES string of the molecule is C[C@H](Cc1c[nH]c2cc(OCC3CC3)ccc12)NC(=O)O. The Morgan fingerprint density at radius 1 is 1.52 bits per heavy atom. The maximum absolute atomic E-state index is 10.6. The summed E-state index contributed by atoms with van der Waals surface area (Å²) >= 11 is 0. The van der Waals surface area contributed by atoms with Crippen molar-refractivity contribution in [3.63, 3.8) is 0 Å². The van der Waals surface area contributed by atoms with E-state index in [2.05, 4.69) is 10.3 Å². The van der Waals surface area contributed by atoms with E-state index in [1.165, 1.54) is 12.8 Å². The molecule has 0 aliphatic heterocycles. The van der Waals surface area contributed by atoms with Crippen LogP contribution in [0.1, 0.15) is 25.3 Å². The van der Waals surface area contributed by atoms with E-state index in [0.717, 1.165) is 34.7 Å². The van der Waals surface area contributed by atoms with Crippen molar-refractivity contribution in [3.05, 3.63) is 30.0 Å². The number of aromatic amines is 1. The molecule has 21 heavy (non-hydrogen) atoms. The molecule has 1 aliphatic carbocycles. The van der Waals surface area contributed by atoms with Crippen molar-refractivity contribution in [1.82, 2.24) is 10.3 Å². The minimum Gasteiger partial charge on any atom is -0.493 e. The van der Waals surface area contributed by atoms with Gasteiger partial charge in [0.15, 0.2) is 0 Å². The lowest BCUT2D eigenvalue weighted by Crippen LogP contribution is -2.32. The van der Waals surface area contributed by atoms with E-state index in [9.17, 15) is 4.79 Å². The summed E-state index contributed by atoms with van der Waals surface area (Å²) in [6, 6.07) is 5.91. The Bertz CT molecular complexity index is 646. The average Bonchev–Trinajstić information content (AvgIpc) is 3.18. The number of amides is 1. The third-order valence-corrected chi connectivity index (χ3v) is 3.82. The molecule has 1 heterocycles. The lowest BCUT2D eigenvalue weighted by molar-refractivity contribution is 0.190. The van der Waals surface area contributed by atoms with Crippen molar-refractivity contribution in [3.8, 4) is 5.75 Å². The molecule has 1 aromatic heterocycles. The molecular weight excluding hydrogens is 268 g/mol. The van der Waals surface area contributed by atoms with E-state index in [4.69, 9.17) is 9.84 Å². The van der Waals surface area contributed by atoms with E-state index in [-0.39, 0.29) is 6.04 Å². The van der Waals surface area contributed by atoms with Crippen LogP contribution >= 0.6 is 0 Å². The number of aromatic nitrogens is 1. The Hall–Kier alpha value is -2.17. The predicted molar refractivity (Wildman–Crippen MR) is 80.8 cm³/mol. The molecule has 1 saturated carbocycles. The van der Waals surface area contributed by atoms with Gasteiger partial charge in [-0.2, -0.15) is 0 Å². The number of rotatable bonds is 6. The van der Waals surface area contributed by atoms with Crippen LogP contribution < -0.4 is 10.1 Å². The molecule has 1 atom stereocenters. The van der Waals surface area contributed by atoms with E-state index >= 15 is 0 Å². The van der Waals surface area contributed by atoms with Crippen molar-refractivity contribution in [2.24, 2.45) is 5.92 Å². The zero-order chi connectivity index (χ0) is 14.8. The molecule has 1 aliphatic rings. The molecule has 5 heteroatoms. The predicted octanol–water partition coefficient (Wildman–Crippen LogP) is 3.16. The van der Waals surface area contributed by atoms with Crippen molar-refractivity contribution in [2.75, 3.05) is 6.61 Å². The molecular formula is C16H20N2O3. The van der Waals surface area contributed by atoms with Crippen molar-refractivity contribution in [2.45, 2.75) is 32.2 Å². The van der Waals surface area contributed by atoms with Gasteiger partial charge in [-0.3, -0.25) is 0 Å². The first kappa shape index (κ1) is 13.8. The smallest absolute Gasteiger partial charge is 0.404 e. The van der Waals surface area contributed by atoms with Gasteiger partial charge in [-0.05, 0) is 49.8 Å². The number of nitrogens with one attached hydrogen (secondary N) is 2. The lowest BCUT2D eigenvalue weighted by atomic mass is 10.1. The van der Waals surface area contributed by atoms with Crippen molar-refractivity contribution in [1.29, 1.82) is 0 Å². The summed E-state index contributed by atoms with van der Waals surface area (Å²) in [6.45, 7) is 2.67. The van der Waals surface area contributed by atoms with E-state index in [0.29, 0.717) is 6.42 Å². The molecule has 0 saturated heterocycles. The number of hydrogen-bond donors (Lipinski definition) is 3. The number of H-pyrrole nitrogens is 1. The van der Waals surface area contributed by atoms with Crippen molar-refractivity contribution >= 4 is 17.0 Å². The van der Waals surface area contributed by atoms with Gasteiger partial charge < -0.3 is 20.1 Å². The Balaban J connectivity index is 1.70. The summed E-state index contributed by atoms with van der Waals surface area (Å²) in [4.78, 5) is 13.9. The molecule has 3 rings (SSSR count). The first-order valence-corrected chi connectivity index (χ1v) is 7.34. The van der Waals surface area contributed by atoms with Gasteiger partial charge in [-0.15, -0.1) is 0 Å². The quantitative estimate of drug-likeness (QED) is 0.764. The molecule has 3 N–H and O–H groups in total. The highest BCUT2D eigenvalue weighted by molar-refractivity contribution is 5.84. The third-order valence-electron chi connectivity index (χ3n) is 3.82. The van der Waals surface area contributed by atoms with Crippen LogP contribution in [0, 0.1) is 5.92 Å². The van der Waals surface area contributed by atoms with Gasteiger partial charge in [-0.25, -0.2) is 4.79 Å². The second-order valence-electron chi connectivity index (χ2n) is 5.83. The highest BCUT2D eigenvalue weighted by atomic mass is 16.5. The summed E-state index contributed by atoms with van der Waals surface area (Å²) in [5.74, 6) is 1.63. The topological polar surface area (TPSA) is 74.3 Å². The molecule has 1 aromatic carbocycles. The van der Waals surface area contributed by atoms with Crippen LogP contribution in [0.2, 0.25) is 0 Å². The van der Waals surface area contributed by atoms with Crippen LogP contribution in [0.3, 0.4) is 0 Å². The number of carbonyl (C=O) groups is 1. The van der Waals surface area contributed by atoms with Crippen LogP contribution in [-0.2, 0) is 6.42 Å². The van der Waals surface area contributed by atoms with E-state index in [1.54, 1.807) is 0 Å². The van der Waals surface area contributed by atoms with Crippen LogP contribution in [0.15, 0.2) is 24.4 Å². The normalized spacial score (nSPS) is 15.9. The second-order valence-corrected chi connectivity index (χ2v) is 5.83. The summed E-state index contributed by atoms with van der Waals surface area (Å²) < 4.78 is 5.77. The van der Waals surface area contributed by atoms with Crippen LogP contribution in [-0.4, -0.2) is 28.8 Å². The zero-order valence-corrected chi connectivity index (χ0v) is 12.1. The minimum atomic E-state index is -0.988. The van der Waals surface area contributed by atoms with Gasteiger partial charge in [0.25, 0.3) is 0 Å². The Morgan fingerprint density at radius 3 is 3.05 bits per heavy atom. The summed E-state index contributed by atoms with van der Waals surface area (Å²) in [6.07, 6.45) is 4.18. The maximum atomic E-state index is 10.6. The monoisotopic (exact) mass is 288 g/mol. The van der Waals surface area contributed by atoms with Gasteiger partial charge in [0.2, 0.25) is 0 Å². The average molecular weight is 288 g/mol. The molecule has 1 fully saturated rings. The highest BCUT2D eigenvalue weighted by Crippen LogP contribution is 2.30. The van der Waals surface area contributed by atoms with Crippen LogP contribution in [0.5, 0.6) is 5.75 Å². The van der Waals surface area contributed by atoms with Crippen molar-refractivity contribution < 1.29 is 14.6 Å². The Kier molecular flexibility index (Phi) is 3.73. The lowest BCUT2D eigenvalue weighted by Gasteiger charge is -2.10. The molecule has 0 radical (unpaired) electrons. The van der Waals surface area contributed by atoms with Gasteiger partial charge in [0.1, 0.15) is 5.75 Å². The number of fused-ring (bicyclic) bond motifs is 1. The maximum Gasteiger partial charge on any atom is 0.404 e. The summed E-state index contributed by atoms with van der Waals surface area (Å²) in [5, 5.41) is 12.3. The molecule has 0 spiro atoms. The molecule has 1 amide bonds. The van der Waals surface area contributed by atoms with Gasteiger partial charge in [0, 0.05) is 29.2 Å². The first-order chi connectivity index (χ1) is 10.1. The van der Waals surface area contributed by atoms with Gasteiger partial charge >= 0.3 is 6.09 Å². The fourth-order valence-electron chi connectivity index (χ4n) is 2.51. The van der Waals surface area contributed by atoms with E-state index < -0.39 is 6.09 Å². The number of benzene rings is 1. The second kappa shape index (κ2) is 5.68. The van der Waals surface area contributed by atoms with Gasteiger partial charge in [0.05, 0.1) is 6.61 Å². The van der Waals surface area contributed by atoms with Gasteiger partial charge in [-0.1, -0.05) is 0 Å². The third kappa shape index (κ3) is 3.48. The number of hydrogen-bond acceptors (Lipinski definition) is 2. The molecule has 5 nitrogen and oxygen atoms in total. The van der Waals surface area contributed by atoms with Crippen LogP contribution in [0.4, 0.5) is 4.79 Å². The fraction of sp³-hybridized carbons (Fsp3) is 0.438. The molecule has 2 aromatic rings. The minimum absolute atomic E-state index is 0.118. The summed E-state index contributed by atoms with van der Waals surface area (Å²) in [7, 11) is 0. The highest BCUT2D eigenvalue weighted by Gasteiger charge is 2.22. The standard InChI is InChI=1S/C16H20N2O3/c1-10(18-16(19)20)6-12-8-17-15-7-13(4-5-14(12)15)21-9-11-2-3-11/h4-5,7-8,10-11,17-18H,2-3,6,9H2,1H3,(H,19,20)/t10-/m1/s1.